The second-order valence-corrected chi connectivity index (χ2v) is 13.3. The topological polar surface area (TPSA) is 190 Å². The van der Waals surface area contributed by atoms with E-state index in [-0.39, 0.29) is 42.9 Å². The number of carbonyl (C=O) groups is 4. The Labute approximate surface area is 291 Å². The van der Waals surface area contributed by atoms with Gasteiger partial charge in [-0.2, -0.15) is 0 Å². The van der Waals surface area contributed by atoms with Gasteiger partial charge in [-0.25, -0.2) is 4.79 Å². The first-order valence-corrected chi connectivity index (χ1v) is 16.5. The van der Waals surface area contributed by atoms with Crippen molar-refractivity contribution in [3.05, 3.63) is 82.9 Å². The summed E-state index contributed by atoms with van der Waals surface area (Å²) in [5.41, 5.74) is 1.41. The van der Waals surface area contributed by atoms with Crippen LogP contribution < -0.4 is 10.6 Å². The number of hydrogen-bond donors (Lipinski definition) is 5. The van der Waals surface area contributed by atoms with Crippen LogP contribution in [0.25, 0.3) is 6.08 Å². The van der Waals surface area contributed by atoms with E-state index >= 15 is 0 Å². The number of benzene rings is 2. The Morgan fingerprint density at radius 1 is 1.04 bits per heavy atom. The molecule has 0 spiro atoms. The van der Waals surface area contributed by atoms with Crippen molar-refractivity contribution in [3.8, 4) is 5.75 Å². The van der Waals surface area contributed by atoms with Gasteiger partial charge < -0.3 is 44.9 Å². The highest BCUT2D eigenvalue weighted by Crippen LogP contribution is 2.31. The number of fused-ring (bicyclic) bond motifs is 1. The molecule has 1 aliphatic heterocycles. The predicted octanol–water partition coefficient (Wildman–Crippen LogP) is 2.71. The molecule has 13 nitrogen and oxygen atoms in total. The molecule has 0 radical (unpaired) electrons. The lowest BCUT2D eigenvalue weighted by atomic mass is 9.91. The number of aromatic hydroxyl groups is 1. The second-order valence-electron chi connectivity index (χ2n) is 13.3. The molecule has 2 amide bonds. The van der Waals surface area contributed by atoms with Gasteiger partial charge in [0.2, 0.25) is 11.8 Å². The molecule has 0 saturated carbocycles. The molecule has 50 heavy (non-hydrogen) atoms. The fourth-order valence-corrected chi connectivity index (χ4v) is 5.49. The van der Waals surface area contributed by atoms with Crippen LogP contribution in [0.4, 0.5) is 0 Å². The normalized spacial score (nSPS) is 20.6. The van der Waals surface area contributed by atoms with Gasteiger partial charge in [-0.3, -0.25) is 14.4 Å². The smallest absolute Gasteiger partial charge is 0.338 e. The zero-order valence-corrected chi connectivity index (χ0v) is 28.7. The summed E-state index contributed by atoms with van der Waals surface area (Å²) >= 11 is 0. The second kappa shape index (κ2) is 17.4. The first-order chi connectivity index (χ1) is 23.7. The molecule has 0 unspecified atom stereocenters. The number of ether oxygens (including phenoxy) is 4. The number of hydrogen-bond acceptors (Lipinski definition) is 11. The van der Waals surface area contributed by atoms with E-state index in [0.29, 0.717) is 6.42 Å². The Morgan fingerprint density at radius 3 is 2.42 bits per heavy atom. The average molecular weight is 695 g/mol. The van der Waals surface area contributed by atoms with Crippen LogP contribution in [0.15, 0.2) is 66.3 Å². The summed E-state index contributed by atoms with van der Waals surface area (Å²) in [4.78, 5) is 51.8. The molecular weight excluding hydrogens is 648 g/mol. The van der Waals surface area contributed by atoms with Crippen molar-refractivity contribution in [2.75, 3.05) is 13.4 Å². The molecular formula is C37H46N2O11. The lowest BCUT2D eigenvalue weighted by Crippen LogP contribution is -2.55. The largest absolute Gasteiger partial charge is 0.508 e. The number of phenolic OH excluding ortho intramolecular Hbond substituents is 1. The van der Waals surface area contributed by atoms with Gasteiger partial charge in [-0.1, -0.05) is 42.5 Å². The fraction of sp³-hybridized carbons (Fsp3) is 0.459. The van der Waals surface area contributed by atoms with Gasteiger partial charge in [0.05, 0.1) is 24.3 Å². The Morgan fingerprint density at radius 2 is 1.76 bits per heavy atom. The van der Waals surface area contributed by atoms with E-state index in [4.69, 9.17) is 18.9 Å². The van der Waals surface area contributed by atoms with Crippen LogP contribution in [-0.2, 0) is 39.8 Å². The molecule has 1 saturated heterocycles. The Balaban J connectivity index is 1.35. The highest BCUT2D eigenvalue weighted by Gasteiger charge is 2.43. The van der Waals surface area contributed by atoms with E-state index in [2.05, 4.69) is 10.6 Å². The number of aliphatic hydroxyl groups is 2. The minimum atomic E-state index is -1.40. The SMILES string of the molecule is C[C@H](O)[C@@H](NC(=O)C1=C[C@H]2OCO[C@H]2[C@H](OC(=O)c2ccc(C=CCc3ccccc3O)cc2)C1)C(=O)N[C@H](CO)CCC(=O)OC(C)(C)C. The van der Waals surface area contributed by atoms with Crippen LogP contribution in [0.2, 0.25) is 0 Å². The summed E-state index contributed by atoms with van der Waals surface area (Å²) in [7, 11) is 0. The number of nitrogens with one attached hydrogen (secondary N) is 2. The van der Waals surface area contributed by atoms with Gasteiger partial charge >= 0.3 is 11.9 Å². The van der Waals surface area contributed by atoms with Crippen molar-refractivity contribution < 1.29 is 53.4 Å². The van der Waals surface area contributed by atoms with Crippen LogP contribution in [0.1, 0.15) is 68.4 Å². The van der Waals surface area contributed by atoms with E-state index in [1.165, 1.54) is 6.92 Å². The molecule has 5 N–H and O–H groups in total. The highest BCUT2D eigenvalue weighted by atomic mass is 16.7. The Hall–Kier alpha value is -4.56. The standard InChI is InChI=1S/C37H46N2O11/c1-22(41)32(35(45)38-27(20-40)16-17-31(43)50-37(2,3)4)39-34(44)26-18-29-33(48-21-47-29)30(19-26)49-36(46)25-14-12-23(13-15-25)8-7-10-24-9-5-6-11-28(24)42/h5-9,11-15,18,22,27,29-30,32-33,40-42H,10,16-17,19-21H2,1-4H3,(H,38,45)(H,39,44)/t22-,27-,29+,30+,32+,33+/m0/s1. The van der Waals surface area contributed by atoms with Crippen LogP contribution in [-0.4, -0.2) is 94.6 Å². The third kappa shape index (κ3) is 11.0. The van der Waals surface area contributed by atoms with E-state index in [0.717, 1.165) is 11.1 Å². The number of carbonyl (C=O) groups excluding carboxylic acids is 4. The number of phenols is 1. The highest BCUT2D eigenvalue weighted by molar-refractivity contribution is 5.97. The van der Waals surface area contributed by atoms with Crippen LogP contribution >= 0.6 is 0 Å². The number of esters is 2. The van der Waals surface area contributed by atoms with Gasteiger partial charge in [0, 0.05) is 18.4 Å². The van der Waals surface area contributed by atoms with E-state index < -0.39 is 72.5 Å². The zero-order valence-electron chi connectivity index (χ0n) is 28.7. The van der Waals surface area contributed by atoms with Crippen molar-refractivity contribution in [3.63, 3.8) is 0 Å². The first-order valence-electron chi connectivity index (χ1n) is 16.5. The maximum atomic E-state index is 13.4. The molecule has 0 bridgehead atoms. The molecule has 1 heterocycles. The number of para-hydroxylation sites is 1. The van der Waals surface area contributed by atoms with E-state index in [1.807, 2.05) is 24.3 Å². The molecule has 2 aromatic rings. The van der Waals surface area contributed by atoms with Gasteiger partial charge in [-0.05, 0) is 75.9 Å². The van der Waals surface area contributed by atoms with Crippen LogP contribution in [0, 0.1) is 0 Å². The van der Waals surface area contributed by atoms with Crippen molar-refractivity contribution in [1.29, 1.82) is 0 Å². The molecule has 270 valence electrons. The summed E-state index contributed by atoms with van der Waals surface area (Å²) < 4.78 is 22.3. The summed E-state index contributed by atoms with van der Waals surface area (Å²) in [6, 6.07) is 11.6. The summed E-state index contributed by atoms with van der Waals surface area (Å²) in [6.45, 7) is 5.97. The maximum Gasteiger partial charge on any atom is 0.338 e. The molecule has 1 aliphatic carbocycles. The van der Waals surface area contributed by atoms with Crippen molar-refractivity contribution in [2.45, 2.75) is 95.5 Å². The lowest BCUT2D eigenvalue weighted by molar-refractivity contribution is -0.155. The Bertz CT molecular complexity index is 1560. The maximum absolute atomic E-state index is 13.4. The molecule has 0 aromatic heterocycles. The molecule has 2 aliphatic rings. The van der Waals surface area contributed by atoms with Gasteiger partial charge in [0.25, 0.3) is 0 Å². The minimum Gasteiger partial charge on any atom is -0.508 e. The quantitative estimate of drug-likeness (QED) is 0.183. The van der Waals surface area contributed by atoms with Gasteiger partial charge in [0.15, 0.2) is 0 Å². The molecule has 13 heteroatoms. The zero-order chi connectivity index (χ0) is 36.4. The third-order valence-corrected chi connectivity index (χ3v) is 8.07. The molecule has 2 aromatic carbocycles. The number of amides is 2. The van der Waals surface area contributed by atoms with Gasteiger partial charge in [-0.15, -0.1) is 0 Å². The van der Waals surface area contributed by atoms with Crippen molar-refractivity contribution >= 4 is 29.8 Å². The van der Waals surface area contributed by atoms with Gasteiger partial charge in [0.1, 0.15) is 42.5 Å². The monoisotopic (exact) mass is 694 g/mol. The van der Waals surface area contributed by atoms with Crippen molar-refractivity contribution in [1.82, 2.24) is 10.6 Å². The van der Waals surface area contributed by atoms with Crippen molar-refractivity contribution in [2.24, 2.45) is 0 Å². The predicted molar refractivity (Wildman–Crippen MR) is 182 cm³/mol. The fourth-order valence-electron chi connectivity index (χ4n) is 5.49. The Kier molecular flexibility index (Phi) is 13.3. The number of rotatable bonds is 14. The third-order valence-electron chi connectivity index (χ3n) is 8.07. The molecule has 6 atom stereocenters. The lowest BCUT2D eigenvalue weighted by Gasteiger charge is -2.31. The van der Waals surface area contributed by atoms with Crippen LogP contribution in [0.3, 0.4) is 0 Å². The first kappa shape index (κ1) is 38.2. The van der Waals surface area contributed by atoms with Crippen LogP contribution in [0.5, 0.6) is 5.75 Å². The summed E-state index contributed by atoms with van der Waals surface area (Å²) in [5, 5.41) is 35.2. The molecule has 4 rings (SSSR count). The number of aliphatic hydroxyl groups excluding tert-OH is 2. The number of allylic oxidation sites excluding steroid dienone is 1. The average Bonchev–Trinajstić information content (AvgIpc) is 3.55. The minimum absolute atomic E-state index is 0.0431. The molecule has 1 fully saturated rings. The summed E-state index contributed by atoms with van der Waals surface area (Å²) in [5.74, 6) is -2.34. The van der Waals surface area contributed by atoms with E-state index in [1.54, 1.807) is 63.2 Å². The summed E-state index contributed by atoms with van der Waals surface area (Å²) in [6.07, 6.45) is 2.29. The van der Waals surface area contributed by atoms with E-state index in [9.17, 15) is 34.5 Å².